The Labute approximate surface area is 114 Å². The highest BCUT2D eigenvalue weighted by molar-refractivity contribution is 5.91. The summed E-state index contributed by atoms with van der Waals surface area (Å²) in [6, 6.07) is 1.47. The average Bonchev–Trinajstić information content (AvgIpc) is 2.61. The molecule has 1 aliphatic rings. The van der Waals surface area contributed by atoms with Gasteiger partial charge in [0.1, 0.15) is 11.5 Å². The highest BCUT2D eigenvalue weighted by Gasteiger charge is 2.40. The molecular weight excluding hydrogens is 242 g/mol. The van der Waals surface area contributed by atoms with Crippen molar-refractivity contribution in [1.29, 1.82) is 5.26 Å². The van der Waals surface area contributed by atoms with Crippen molar-refractivity contribution in [2.45, 2.75) is 58.4 Å². The molecule has 1 fully saturated rings. The van der Waals surface area contributed by atoms with Crippen LogP contribution in [0.3, 0.4) is 0 Å². The molecule has 0 bridgehead atoms. The summed E-state index contributed by atoms with van der Waals surface area (Å²) in [6.07, 6.45) is 5.01. The Bertz CT molecular complexity index is 377. The van der Waals surface area contributed by atoms with Crippen molar-refractivity contribution in [2.75, 3.05) is 0 Å². The quantitative estimate of drug-likeness (QED) is 0.753. The number of nitrogens with zero attached hydrogens (tertiary/aromatic N) is 1. The lowest BCUT2D eigenvalue weighted by Gasteiger charge is -2.27. The van der Waals surface area contributed by atoms with E-state index in [9.17, 15) is 14.9 Å². The van der Waals surface area contributed by atoms with Crippen molar-refractivity contribution in [2.24, 2.45) is 17.1 Å². The van der Waals surface area contributed by atoms with Crippen molar-refractivity contribution >= 4 is 11.8 Å². The second-order valence-electron chi connectivity index (χ2n) is 5.71. The standard InChI is InChI=1S/C14H23N3O2/c1-10(2)11(12(16)18)17-13(19)14(9-15)7-5-3-4-6-8-14/h10-11H,3-8H2,1-2H3,(H2,16,18)(H,17,19). The molecule has 0 aliphatic heterocycles. The Balaban J connectivity index is 2.84. The molecule has 5 nitrogen and oxygen atoms in total. The second kappa shape index (κ2) is 6.55. The van der Waals surface area contributed by atoms with Crippen LogP contribution in [-0.2, 0) is 9.59 Å². The summed E-state index contributed by atoms with van der Waals surface area (Å²) in [5.41, 5.74) is 4.31. The lowest BCUT2D eigenvalue weighted by atomic mass is 9.80. The summed E-state index contributed by atoms with van der Waals surface area (Å²) >= 11 is 0. The Kier molecular flexibility index (Phi) is 5.34. The van der Waals surface area contributed by atoms with E-state index >= 15 is 0 Å². The number of primary amides is 1. The van der Waals surface area contributed by atoms with E-state index in [2.05, 4.69) is 11.4 Å². The highest BCUT2D eigenvalue weighted by Crippen LogP contribution is 2.34. The number of hydrogen-bond donors (Lipinski definition) is 2. The molecule has 3 N–H and O–H groups in total. The number of carbonyl (C=O) groups is 2. The van der Waals surface area contributed by atoms with Crippen LogP contribution in [0, 0.1) is 22.7 Å². The fraction of sp³-hybridized carbons (Fsp3) is 0.786. The van der Waals surface area contributed by atoms with E-state index in [1.54, 1.807) is 0 Å². The van der Waals surface area contributed by atoms with Gasteiger partial charge in [0.05, 0.1) is 6.07 Å². The van der Waals surface area contributed by atoms with E-state index in [4.69, 9.17) is 5.73 Å². The van der Waals surface area contributed by atoms with Crippen LogP contribution in [0.15, 0.2) is 0 Å². The first-order chi connectivity index (χ1) is 8.93. The van der Waals surface area contributed by atoms with Gasteiger partial charge in [-0.2, -0.15) is 5.26 Å². The Hall–Kier alpha value is -1.57. The normalized spacial score (nSPS) is 20.1. The van der Waals surface area contributed by atoms with Crippen LogP contribution in [-0.4, -0.2) is 17.9 Å². The monoisotopic (exact) mass is 265 g/mol. The van der Waals surface area contributed by atoms with E-state index in [0.717, 1.165) is 25.7 Å². The Morgan fingerprint density at radius 3 is 2.11 bits per heavy atom. The van der Waals surface area contributed by atoms with Crippen LogP contribution in [0.25, 0.3) is 0 Å². The number of amides is 2. The van der Waals surface area contributed by atoms with Gasteiger partial charge in [0.2, 0.25) is 11.8 Å². The third-order valence-electron chi connectivity index (χ3n) is 3.87. The number of rotatable bonds is 4. The fourth-order valence-corrected chi connectivity index (χ4v) is 2.57. The minimum absolute atomic E-state index is 0.0806. The maximum Gasteiger partial charge on any atom is 0.241 e. The molecule has 0 aromatic rings. The minimum Gasteiger partial charge on any atom is -0.368 e. The second-order valence-corrected chi connectivity index (χ2v) is 5.71. The molecule has 1 atom stereocenters. The lowest BCUT2D eigenvalue weighted by Crippen LogP contribution is -2.52. The largest absolute Gasteiger partial charge is 0.368 e. The predicted octanol–water partition coefficient (Wildman–Crippen LogP) is 1.48. The topological polar surface area (TPSA) is 96.0 Å². The summed E-state index contributed by atoms with van der Waals surface area (Å²) in [5, 5.41) is 12.1. The molecule has 2 amide bonds. The summed E-state index contributed by atoms with van der Waals surface area (Å²) in [5.74, 6) is -0.970. The lowest BCUT2D eigenvalue weighted by molar-refractivity contribution is -0.133. The summed E-state index contributed by atoms with van der Waals surface area (Å²) in [6.45, 7) is 3.64. The van der Waals surface area contributed by atoms with E-state index in [1.165, 1.54) is 0 Å². The van der Waals surface area contributed by atoms with E-state index < -0.39 is 17.4 Å². The van der Waals surface area contributed by atoms with Crippen molar-refractivity contribution in [3.05, 3.63) is 0 Å². The molecule has 5 heteroatoms. The van der Waals surface area contributed by atoms with E-state index in [0.29, 0.717) is 12.8 Å². The molecule has 19 heavy (non-hydrogen) atoms. The first kappa shape index (κ1) is 15.5. The molecule has 1 aliphatic carbocycles. The first-order valence-corrected chi connectivity index (χ1v) is 6.94. The van der Waals surface area contributed by atoms with Gasteiger partial charge in [-0.3, -0.25) is 9.59 Å². The van der Waals surface area contributed by atoms with Gasteiger partial charge >= 0.3 is 0 Å². The van der Waals surface area contributed by atoms with Crippen LogP contribution in [0.5, 0.6) is 0 Å². The maximum absolute atomic E-state index is 12.4. The van der Waals surface area contributed by atoms with Crippen molar-refractivity contribution in [3.63, 3.8) is 0 Å². The number of hydrogen-bond acceptors (Lipinski definition) is 3. The van der Waals surface area contributed by atoms with Gasteiger partial charge in [-0.25, -0.2) is 0 Å². The molecule has 106 valence electrons. The number of nitriles is 1. The van der Waals surface area contributed by atoms with E-state index in [-0.39, 0.29) is 11.8 Å². The molecule has 0 aromatic carbocycles. The van der Waals surface area contributed by atoms with Crippen molar-refractivity contribution in [3.8, 4) is 6.07 Å². The van der Waals surface area contributed by atoms with Crippen LogP contribution < -0.4 is 11.1 Å². The molecule has 0 radical (unpaired) electrons. The zero-order valence-corrected chi connectivity index (χ0v) is 11.7. The average molecular weight is 265 g/mol. The number of carbonyl (C=O) groups excluding carboxylic acids is 2. The molecule has 0 spiro atoms. The zero-order valence-electron chi connectivity index (χ0n) is 11.7. The minimum atomic E-state index is -0.987. The van der Waals surface area contributed by atoms with Gasteiger partial charge in [-0.05, 0) is 18.8 Å². The summed E-state index contributed by atoms with van der Waals surface area (Å²) in [4.78, 5) is 23.7. The molecule has 0 saturated heterocycles. The van der Waals surface area contributed by atoms with Crippen LogP contribution in [0.2, 0.25) is 0 Å². The molecule has 0 aromatic heterocycles. The van der Waals surface area contributed by atoms with Gasteiger partial charge in [0.25, 0.3) is 0 Å². The van der Waals surface area contributed by atoms with Gasteiger partial charge in [0.15, 0.2) is 0 Å². The SMILES string of the molecule is CC(C)C(NC(=O)C1(C#N)CCCCCC1)C(N)=O. The summed E-state index contributed by atoms with van der Waals surface area (Å²) in [7, 11) is 0. The third kappa shape index (κ3) is 3.69. The predicted molar refractivity (Wildman–Crippen MR) is 71.7 cm³/mol. The van der Waals surface area contributed by atoms with Crippen LogP contribution in [0.1, 0.15) is 52.4 Å². The van der Waals surface area contributed by atoms with Crippen LogP contribution in [0.4, 0.5) is 0 Å². The molecule has 1 saturated carbocycles. The number of nitrogens with two attached hydrogens (primary N) is 1. The van der Waals surface area contributed by atoms with Crippen LogP contribution >= 0.6 is 0 Å². The van der Waals surface area contributed by atoms with Gasteiger partial charge in [-0.1, -0.05) is 39.5 Å². The molecular formula is C14H23N3O2. The van der Waals surface area contributed by atoms with Gasteiger partial charge in [-0.15, -0.1) is 0 Å². The molecule has 1 unspecified atom stereocenters. The smallest absolute Gasteiger partial charge is 0.241 e. The van der Waals surface area contributed by atoms with Crippen molar-refractivity contribution < 1.29 is 9.59 Å². The van der Waals surface area contributed by atoms with Crippen molar-refractivity contribution in [1.82, 2.24) is 5.32 Å². The third-order valence-corrected chi connectivity index (χ3v) is 3.87. The summed E-state index contributed by atoms with van der Waals surface area (Å²) < 4.78 is 0. The highest BCUT2D eigenvalue weighted by atomic mass is 16.2. The van der Waals surface area contributed by atoms with E-state index in [1.807, 2.05) is 13.8 Å². The maximum atomic E-state index is 12.4. The molecule has 0 heterocycles. The van der Waals surface area contributed by atoms with Gasteiger partial charge < -0.3 is 11.1 Å². The Morgan fingerprint density at radius 1 is 1.21 bits per heavy atom. The number of nitrogens with one attached hydrogen (secondary N) is 1. The Morgan fingerprint density at radius 2 is 1.74 bits per heavy atom. The zero-order chi connectivity index (χ0) is 14.5. The molecule has 1 rings (SSSR count). The van der Waals surface area contributed by atoms with Gasteiger partial charge in [0, 0.05) is 0 Å². The first-order valence-electron chi connectivity index (χ1n) is 6.94. The fourth-order valence-electron chi connectivity index (χ4n) is 2.57.